The monoisotopic (exact) mass is 436 g/mol. The molecular weight excluding hydrogens is 424 g/mol. The molecule has 0 aliphatic heterocycles. The van der Waals surface area contributed by atoms with Crippen molar-refractivity contribution in [1.29, 1.82) is 0 Å². The van der Waals surface area contributed by atoms with Crippen LogP contribution in [0.4, 0.5) is 11.4 Å². The molecule has 0 aliphatic rings. The SMILES string of the molecule is O=Cc1cc(N=Nc2ccc3c(S(=O)(=O)O)cc(S(=O)(=O)O)cc3c2)ccc1O. The Morgan fingerprint density at radius 1 is 0.793 bits per heavy atom. The van der Waals surface area contributed by atoms with Gasteiger partial charge in [0.2, 0.25) is 0 Å². The molecule has 0 saturated heterocycles. The highest BCUT2D eigenvalue weighted by molar-refractivity contribution is 7.86. The lowest BCUT2D eigenvalue weighted by molar-refractivity contribution is 0.112. The summed E-state index contributed by atoms with van der Waals surface area (Å²) in [5.41, 5.74) is 0.442. The van der Waals surface area contributed by atoms with Crippen molar-refractivity contribution < 1.29 is 35.8 Å². The molecule has 0 amide bonds. The van der Waals surface area contributed by atoms with Crippen molar-refractivity contribution >= 4 is 48.7 Å². The largest absolute Gasteiger partial charge is 0.507 e. The fourth-order valence-corrected chi connectivity index (χ4v) is 3.89. The Hall–Kier alpha value is -3.19. The molecule has 3 N–H and O–H groups in total. The fourth-order valence-electron chi connectivity index (χ4n) is 2.53. The first-order valence-electron chi connectivity index (χ1n) is 7.72. The number of carbonyl (C=O) groups excluding carboxylic acids is 1. The molecule has 0 unspecified atom stereocenters. The second-order valence-corrected chi connectivity index (χ2v) is 8.65. The summed E-state index contributed by atoms with van der Waals surface area (Å²) in [6.07, 6.45) is 0.443. The van der Waals surface area contributed by atoms with Gasteiger partial charge in [0.1, 0.15) is 10.6 Å². The van der Waals surface area contributed by atoms with Crippen molar-refractivity contribution in [3.05, 3.63) is 54.1 Å². The van der Waals surface area contributed by atoms with Crippen molar-refractivity contribution in [3.63, 3.8) is 0 Å². The second kappa shape index (κ2) is 7.33. The predicted molar refractivity (Wildman–Crippen MR) is 101 cm³/mol. The van der Waals surface area contributed by atoms with Gasteiger partial charge in [0.15, 0.2) is 6.29 Å². The minimum atomic E-state index is -4.78. The molecule has 12 heteroatoms. The number of aromatic hydroxyl groups is 1. The summed E-state index contributed by atoms with van der Waals surface area (Å²) in [4.78, 5) is 9.44. The summed E-state index contributed by atoms with van der Waals surface area (Å²) in [5, 5.41) is 17.4. The van der Waals surface area contributed by atoms with Crippen LogP contribution in [-0.4, -0.2) is 37.3 Å². The molecule has 0 spiro atoms. The van der Waals surface area contributed by atoms with E-state index in [0.29, 0.717) is 12.4 Å². The Labute approximate surface area is 164 Å². The first kappa shape index (κ1) is 20.5. The van der Waals surface area contributed by atoms with Gasteiger partial charge in [-0.2, -0.15) is 27.1 Å². The predicted octanol–water partition coefficient (Wildman–Crippen LogP) is 3.27. The Morgan fingerprint density at radius 3 is 2.00 bits per heavy atom. The summed E-state index contributed by atoms with van der Waals surface area (Å²) < 4.78 is 64.7. The van der Waals surface area contributed by atoms with Crippen LogP contribution < -0.4 is 0 Å². The molecule has 0 aromatic heterocycles. The molecule has 10 nitrogen and oxygen atoms in total. The van der Waals surface area contributed by atoms with Gasteiger partial charge in [0.05, 0.1) is 21.8 Å². The van der Waals surface area contributed by atoms with Crippen molar-refractivity contribution in [2.75, 3.05) is 0 Å². The van der Waals surface area contributed by atoms with E-state index in [1.165, 1.54) is 36.4 Å². The van der Waals surface area contributed by atoms with Gasteiger partial charge in [0.25, 0.3) is 20.2 Å². The Kier molecular flexibility index (Phi) is 5.19. The summed E-state index contributed by atoms with van der Waals surface area (Å²) in [7, 11) is -9.52. The maximum atomic E-state index is 11.6. The van der Waals surface area contributed by atoms with Gasteiger partial charge in [-0.25, -0.2) is 0 Å². The number of phenolic OH excluding ortho intramolecular Hbond substituents is 1. The van der Waals surface area contributed by atoms with Crippen LogP contribution in [0.2, 0.25) is 0 Å². The summed E-state index contributed by atoms with van der Waals surface area (Å²) in [6.45, 7) is 0. The van der Waals surface area contributed by atoms with Gasteiger partial charge >= 0.3 is 0 Å². The zero-order chi connectivity index (χ0) is 21.4. The van der Waals surface area contributed by atoms with Gasteiger partial charge in [-0.3, -0.25) is 13.9 Å². The van der Waals surface area contributed by atoms with Gasteiger partial charge in [-0.15, -0.1) is 0 Å². The number of benzene rings is 3. The zero-order valence-corrected chi connectivity index (χ0v) is 15.9. The van der Waals surface area contributed by atoms with Gasteiger partial charge in [-0.1, -0.05) is 6.07 Å². The Morgan fingerprint density at radius 2 is 1.41 bits per heavy atom. The van der Waals surface area contributed by atoms with Crippen LogP contribution in [-0.2, 0) is 20.2 Å². The quantitative estimate of drug-likeness (QED) is 0.311. The molecule has 3 aromatic rings. The minimum Gasteiger partial charge on any atom is -0.507 e. The van der Waals surface area contributed by atoms with E-state index in [-0.39, 0.29) is 33.5 Å². The van der Waals surface area contributed by atoms with Crippen molar-refractivity contribution in [2.45, 2.75) is 9.79 Å². The summed E-state index contributed by atoms with van der Waals surface area (Å²) in [5.74, 6) is -0.222. The summed E-state index contributed by atoms with van der Waals surface area (Å²) >= 11 is 0. The lowest BCUT2D eigenvalue weighted by Crippen LogP contribution is -2.04. The van der Waals surface area contributed by atoms with Crippen LogP contribution in [0.25, 0.3) is 10.8 Å². The molecule has 150 valence electrons. The third-order valence-electron chi connectivity index (χ3n) is 3.87. The second-order valence-electron chi connectivity index (χ2n) is 5.84. The number of azo groups is 1. The van der Waals surface area contributed by atoms with Crippen molar-refractivity contribution in [1.82, 2.24) is 0 Å². The third kappa shape index (κ3) is 4.46. The van der Waals surface area contributed by atoms with Crippen molar-refractivity contribution in [2.24, 2.45) is 10.2 Å². The number of phenols is 1. The molecule has 0 atom stereocenters. The van der Waals surface area contributed by atoms with Crippen LogP contribution in [0, 0.1) is 0 Å². The first-order chi connectivity index (χ1) is 13.5. The van der Waals surface area contributed by atoms with Crippen LogP contribution in [0.1, 0.15) is 10.4 Å². The lowest BCUT2D eigenvalue weighted by Gasteiger charge is -2.07. The summed E-state index contributed by atoms with van der Waals surface area (Å²) in [6, 6.07) is 9.57. The number of rotatable bonds is 5. The molecule has 0 saturated carbocycles. The molecule has 0 heterocycles. The average Bonchev–Trinajstić information content (AvgIpc) is 2.64. The molecule has 0 bridgehead atoms. The van der Waals surface area contributed by atoms with E-state index in [9.17, 15) is 35.8 Å². The van der Waals surface area contributed by atoms with Gasteiger partial charge in [0, 0.05) is 5.39 Å². The molecule has 0 fully saturated rings. The number of aldehydes is 1. The minimum absolute atomic E-state index is 0.00623. The van der Waals surface area contributed by atoms with Crippen LogP contribution in [0.15, 0.2) is 68.6 Å². The molecular formula is C17H12N2O8S2. The third-order valence-corrected chi connectivity index (χ3v) is 5.59. The highest BCUT2D eigenvalue weighted by Gasteiger charge is 2.20. The topological polar surface area (TPSA) is 171 Å². The van der Waals surface area contributed by atoms with E-state index in [1.54, 1.807) is 0 Å². The maximum absolute atomic E-state index is 11.6. The zero-order valence-electron chi connectivity index (χ0n) is 14.3. The highest BCUT2D eigenvalue weighted by Crippen LogP contribution is 2.31. The number of fused-ring (bicyclic) bond motifs is 1. The molecule has 0 aliphatic carbocycles. The van der Waals surface area contributed by atoms with E-state index in [2.05, 4.69) is 10.2 Å². The molecule has 29 heavy (non-hydrogen) atoms. The Balaban J connectivity index is 2.13. The molecule has 3 aromatic carbocycles. The van der Waals surface area contributed by atoms with Crippen LogP contribution in [0.3, 0.4) is 0 Å². The maximum Gasteiger partial charge on any atom is 0.295 e. The first-order valence-corrected chi connectivity index (χ1v) is 10.6. The number of hydrogen-bond donors (Lipinski definition) is 3. The normalized spacial score (nSPS) is 12.5. The van der Waals surface area contributed by atoms with E-state index >= 15 is 0 Å². The van der Waals surface area contributed by atoms with Crippen LogP contribution >= 0.6 is 0 Å². The Bertz CT molecular complexity index is 1380. The van der Waals surface area contributed by atoms with Crippen LogP contribution in [0.5, 0.6) is 5.75 Å². The van der Waals surface area contributed by atoms with E-state index in [0.717, 1.165) is 6.07 Å². The standard InChI is InChI=1S/C17H12N2O8S2/c20-9-11-6-13(2-4-16(11)21)19-18-12-1-3-15-10(5-12)7-14(28(22,23)24)8-17(15)29(25,26)27/h1-9,21H,(H,22,23,24)(H,25,26,27). The fraction of sp³-hybridized carbons (Fsp3) is 0. The smallest absolute Gasteiger partial charge is 0.295 e. The lowest BCUT2D eigenvalue weighted by atomic mass is 10.1. The number of carbonyl (C=O) groups is 1. The van der Waals surface area contributed by atoms with Crippen molar-refractivity contribution in [3.8, 4) is 5.75 Å². The van der Waals surface area contributed by atoms with E-state index in [4.69, 9.17) is 0 Å². The molecule has 0 radical (unpaired) electrons. The van der Waals surface area contributed by atoms with Gasteiger partial charge in [-0.05, 0) is 47.9 Å². The van der Waals surface area contributed by atoms with E-state index < -0.39 is 30.0 Å². The van der Waals surface area contributed by atoms with E-state index in [1.807, 2.05) is 0 Å². The van der Waals surface area contributed by atoms with Gasteiger partial charge < -0.3 is 5.11 Å². The number of nitrogens with zero attached hydrogens (tertiary/aromatic N) is 2. The highest BCUT2D eigenvalue weighted by atomic mass is 32.2. The molecule has 3 rings (SSSR count). The number of hydrogen-bond acceptors (Lipinski definition) is 8. The average molecular weight is 436 g/mol.